The lowest BCUT2D eigenvalue weighted by Crippen LogP contribution is -2.38. The van der Waals surface area contributed by atoms with Crippen LogP contribution in [0.1, 0.15) is 37.7 Å². The van der Waals surface area contributed by atoms with E-state index in [1.165, 1.54) is 29.1 Å². The maximum atomic E-state index is 12.6. The summed E-state index contributed by atoms with van der Waals surface area (Å²) in [5, 5.41) is 2.90. The number of imide groups is 1. The molecule has 4 nitrogen and oxygen atoms in total. The van der Waals surface area contributed by atoms with E-state index in [-0.39, 0.29) is 18.0 Å². The van der Waals surface area contributed by atoms with Gasteiger partial charge in [-0.1, -0.05) is 31.4 Å². The van der Waals surface area contributed by atoms with Gasteiger partial charge in [-0.3, -0.25) is 9.69 Å². The summed E-state index contributed by atoms with van der Waals surface area (Å²) < 4.78 is 0. The normalized spacial score (nSPS) is 23.0. The van der Waals surface area contributed by atoms with Crippen molar-refractivity contribution in [3.8, 4) is 0 Å². The molecule has 1 saturated carbocycles. The summed E-state index contributed by atoms with van der Waals surface area (Å²) in [4.78, 5) is 27.3. The van der Waals surface area contributed by atoms with Crippen LogP contribution in [0.4, 0.5) is 4.79 Å². The van der Waals surface area contributed by atoms with Gasteiger partial charge in [-0.25, -0.2) is 4.79 Å². The molecule has 1 saturated heterocycles. The van der Waals surface area contributed by atoms with Gasteiger partial charge in [0, 0.05) is 4.90 Å². The predicted octanol–water partition coefficient (Wildman–Crippen LogP) is 3.41. The van der Waals surface area contributed by atoms with Gasteiger partial charge in [0.05, 0.1) is 6.54 Å². The molecule has 0 unspecified atom stereocenters. The third-order valence-electron chi connectivity index (χ3n) is 4.68. The number of benzene rings is 1. The average molecular weight is 318 g/mol. The van der Waals surface area contributed by atoms with Crippen molar-refractivity contribution in [3.63, 3.8) is 0 Å². The van der Waals surface area contributed by atoms with Gasteiger partial charge in [0.25, 0.3) is 5.91 Å². The molecule has 22 heavy (non-hydrogen) atoms. The summed E-state index contributed by atoms with van der Waals surface area (Å²) in [5.41, 5.74) is 0.991. The van der Waals surface area contributed by atoms with Crippen LogP contribution in [0, 0.1) is 5.92 Å². The monoisotopic (exact) mass is 318 g/mol. The molecule has 1 heterocycles. The molecule has 2 aliphatic rings. The fraction of sp³-hybridized carbons (Fsp3) is 0.529. The van der Waals surface area contributed by atoms with Gasteiger partial charge in [0.1, 0.15) is 6.04 Å². The van der Waals surface area contributed by atoms with Crippen molar-refractivity contribution in [2.45, 2.75) is 49.6 Å². The van der Waals surface area contributed by atoms with Crippen molar-refractivity contribution >= 4 is 23.7 Å². The highest BCUT2D eigenvalue weighted by Gasteiger charge is 2.42. The van der Waals surface area contributed by atoms with E-state index in [2.05, 4.69) is 5.32 Å². The van der Waals surface area contributed by atoms with E-state index < -0.39 is 0 Å². The van der Waals surface area contributed by atoms with E-state index >= 15 is 0 Å². The molecule has 2 fully saturated rings. The standard InChI is InChI=1S/C17H22N2O2S/c1-22-14-9-7-12(8-10-14)11-19-16(20)15(18-17(19)21)13-5-3-2-4-6-13/h7-10,13,15H,2-6,11H2,1H3,(H,18,21)/t15-/m0/s1. The van der Waals surface area contributed by atoms with Crippen LogP contribution in [0.3, 0.4) is 0 Å². The van der Waals surface area contributed by atoms with E-state index in [4.69, 9.17) is 0 Å². The number of urea groups is 1. The molecule has 0 bridgehead atoms. The number of carbonyl (C=O) groups excluding carboxylic acids is 2. The molecule has 1 aliphatic carbocycles. The van der Waals surface area contributed by atoms with Crippen LogP contribution in [0.15, 0.2) is 29.2 Å². The summed E-state index contributed by atoms with van der Waals surface area (Å²) in [6.45, 7) is 0.364. The summed E-state index contributed by atoms with van der Waals surface area (Å²) in [5.74, 6) is 0.264. The topological polar surface area (TPSA) is 49.4 Å². The second-order valence-electron chi connectivity index (χ2n) is 6.10. The Balaban J connectivity index is 1.68. The Morgan fingerprint density at radius 2 is 1.82 bits per heavy atom. The third-order valence-corrected chi connectivity index (χ3v) is 5.42. The third kappa shape index (κ3) is 3.14. The van der Waals surface area contributed by atoms with Gasteiger partial charge in [0.2, 0.25) is 0 Å². The van der Waals surface area contributed by atoms with E-state index in [9.17, 15) is 9.59 Å². The molecule has 0 radical (unpaired) electrons. The van der Waals surface area contributed by atoms with Gasteiger partial charge in [-0.15, -0.1) is 11.8 Å². The fourth-order valence-electron chi connectivity index (χ4n) is 3.39. The van der Waals surface area contributed by atoms with Crippen molar-refractivity contribution in [2.24, 2.45) is 5.92 Å². The van der Waals surface area contributed by atoms with E-state index in [0.717, 1.165) is 18.4 Å². The lowest BCUT2D eigenvalue weighted by atomic mass is 9.84. The zero-order valence-corrected chi connectivity index (χ0v) is 13.7. The van der Waals surface area contributed by atoms with Gasteiger partial charge in [-0.05, 0) is 42.7 Å². The quantitative estimate of drug-likeness (QED) is 0.683. The van der Waals surface area contributed by atoms with Crippen LogP contribution in [-0.4, -0.2) is 29.1 Å². The lowest BCUT2D eigenvalue weighted by molar-refractivity contribution is -0.129. The molecule has 5 heteroatoms. The second kappa shape index (κ2) is 6.73. The fourth-order valence-corrected chi connectivity index (χ4v) is 3.80. The number of nitrogens with one attached hydrogen (secondary N) is 1. The van der Waals surface area contributed by atoms with Crippen LogP contribution in [-0.2, 0) is 11.3 Å². The minimum atomic E-state index is -0.307. The molecule has 1 aliphatic heterocycles. The summed E-state index contributed by atoms with van der Waals surface area (Å²) in [6.07, 6.45) is 7.71. The molecule has 1 N–H and O–H groups in total. The largest absolute Gasteiger partial charge is 0.326 e. The van der Waals surface area contributed by atoms with Gasteiger partial charge in [-0.2, -0.15) is 0 Å². The van der Waals surface area contributed by atoms with Gasteiger partial charge in [0.15, 0.2) is 0 Å². The number of hydrogen-bond donors (Lipinski definition) is 1. The highest BCUT2D eigenvalue weighted by Crippen LogP contribution is 2.29. The molecule has 1 aromatic rings. The molecule has 0 aromatic heterocycles. The molecular weight excluding hydrogens is 296 g/mol. The van der Waals surface area contributed by atoms with Crippen LogP contribution >= 0.6 is 11.8 Å². The van der Waals surface area contributed by atoms with Crippen molar-refractivity contribution < 1.29 is 9.59 Å². The first-order valence-electron chi connectivity index (χ1n) is 7.94. The lowest BCUT2D eigenvalue weighted by Gasteiger charge is -2.25. The number of nitrogens with zero attached hydrogens (tertiary/aromatic N) is 1. The highest BCUT2D eigenvalue weighted by molar-refractivity contribution is 7.98. The Kier molecular flexibility index (Phi) is 4.71. The Morgan fingerprint density at radius 3 is 2.45 bits per heavy atom. The zero-order valence-electron chi connectivity index (χ0n) is 12.9. The van der Waals surface area contributed by atoms with Crippen LogP contribution in [0.2, 0.25) is 0 Å². The second-order valence-corrected chi connectivity index (χ2v) is 6.98. The summed E-state index contributed by atoms with van der Waals surface area (Å²) in [7, 11) is 0. The molecule has 1 atom stereocenters. The average Bonchev–Trinajstić information content (AvgIpc) is 2.84. The Morgan fingerprint density at radius 1 is 1.14 bits per heavy atom. The Labute approximate surface area is 135 Å². The summed E-state index contributed by atoms with van der Waals surface area (Å²) >= 11 is 1.68. The van der Waals surface area contributed by atoms with Crippen molar-refractivity contribution in [3.05, 3.63) is 29.8 Å². The Bertz CT molecular complexity index is 552. The smallest absolute Gasteiger partial charge is 0.325 e. The van der Waals surface area contributed by atoms with Crippen LogP contribution in [0.25, 0.3) is 0 Å². The minimum absolute atomic E-state index is 0.0501. The van der Waals surface area contributed by atoms with Crippen molar-refractivity contribution in [1.82, 2.24) is 10.2 Å². The summed E-state index contributed by atoms with van der Waals surface area (Å²) in [6, 6.07) is 7.47. The number of hydrogen-bond acceptors (Lipinski definition) is 3. The maximum absolute atomic E-state index is 12.6. The van der Waals surface area contributed by atoms with E-state index in [0.29, 0.717) is 12.5 Å². The van der Waals surface area contributed by atoms with Gasteiger partial charge >= 0.3 is 6.03 Å². The first kappa shape index (κ1) is 15.4. The molecule has 118 valence electrons. The number of rotatable bonds is 4. The molecule has 0 spiro atoms. The first-order valence-corrected chi connectivity index (χ1v) is 9.16. The number of carbonyl (C=O) groups is 2. The molecular formula is C17H22N2O2S. The molecule has 1 aromatic carbocycles. The van der Waals surface area contributed by atoms with Crippen molar-refractivity contribution in [2.75, 3.05) is 6.26 Å². The SMILES string of the molecule is CSc1ccc(CN2C(=O)N[C@@H](C3CCCCC3)C2=O)cc1. The maximum Gasteiger partial charge on any atom is 0.325 e. The van der Waals surface area contributed by atoms with E-state index in [1.807, 2.05) is 30.5 Å². The molecule has 3 amide bonds. The van der Waals surface area contributed by atoms with Crippen molar-refractivity contribution in [1.29, 1.82) is 0 Å². The Hall–Kier alpha value is -1.49. The number of amides is 3. The van der Waals surface area contributed by atoms with Gasteiger partial charge < -0.3 is 5.32 Å². The van der Waals surface area contributed by atoms with Crippen LogP contribution in [0.5, 0.6) is 0 Å². The first-order chi connectivity index (χ1) is 10.7. The number of thioether (sulfide) groups is 1. The van der Waals surface area contributed by atoms with Crippen LogP contribution < -0.4 is 5.32 Å². The highest BCUT2D eigenvalue weighted by atomic mass is 32.2. The predicted molar refractivity (Wildman–Crippen MR) is 87.7 cm³/mol. The zero-order chi connectivity index (χ0) is 15.5. The molecule has 3 rings (SSSR count). The minimum Gasteiger partial charge on any atom is -0.326 e. The van der Waals surface area contributed by atoms with E-state index in [1.54, 1.807) is 11.8 Å².